The van der Waals surface area contributed by atoms with E-state index < -0.39 is 10.8 Å². The summed E-state index contributed by atoms with van der Waals surface area (Å²) in [6, 6.07) is 3.63. The summed E-state index contributed by atoms with van der Waals surface area (Å²) in [5.41, 5.74) is 0.917. The van der Waals surface area contributed by atoms with Crippen molar-refractivity contribution in [3.63, 3.8) is 0 Å². The van der Waals surface area contributed by atoms with Gasteiger partial charge < -0.3 is 14.0 Å². The second-order valence-electron chi connectivity index (χ2n) is 4.59. The molecular weight excluding hydrogens is 288 g/mol. The summed E-state index contributed by atoms with van der Waals surface area (Å²) in [4.78, 5) is 5.02. The molecule has 0 aliphatic rings. The number of ether oxygens (including phenoxy) is 2. The van der Waals surface area contributed by atoms with E-state index in [1.807, 2.05) is 30.7 Å². The minimum Gasteiger partial charge on any atom is -0.493 e. The molecule has 1 aromatic heterocycles. The highest BCUT2D eigenvalue weighted by Gasteiger charge is 2.15. The number of aromatic nitrogens is 2. The second kappa shape index (κ2) is 6.76. The van der Waals surface area contributed by atoms with Crippen LogP contribution in [-0.2, 0) is 23.1 Å². The molecule has 0 amide bonds. The Morgan fingerprint density at radius 3 is 2.52 bits per heavy atom. The molecule has 1 unspecified atom stereocenters. The standard InChI is InChI=1S/C15H20N2O3S/c1-5-17-7-6-16-15(17)10-21(18)14-9-13(20-4)12(19-3)8-11(14)2/h6-9H,5,10H2,1-4H3. The van der Waals surface area contributed by atoms with Crippen LogP contribution in [0.25, 0.3) is 0 Å². The van der Waals surface area contributed by atoms with Crippen LogP contribution in [0.5, 0.6) is 11.5 Å². The molecular formula is C15H20N2O3S. The molecule has 0 bridgehead atoms. The fourth-order valence-electron chi connectivity index (χ4n) is 2.17. The van der Waals surface area contributed by atoms with Crippen LogP contribution >= 0.6 is 0 Å². The zero-order valence-electron chi connectivity index (χ0n) is 12.8. The molecule has 0 saturated carbocycles. The van der Waals surface area contributed by atoms with E-state index in [0.29, 0.717) is 17.3 Å². The van der Waals surface area contributed by atoms with Gasteiger partial charge in [-0.1, -0.05) is 0 Å². The Morgan fingerprint density at radius 2 is 1.90 bits per heavy atom. The minimum absolute atomic E-state index is 0.386. The molecule has 0 saturated heterocycles. The lowest BCUT2D eigenvalue weighted by Crippen LogP contribution is -2.06. The van der Waals surface area contributed by atoms with Gasteiger partial charge in [0.05, 0.1) is 30.8 Å². The molecule has 0 N–H and O–H groups in total. The third kappa shape index (κ3) is 3.26. The van der Waals surface area contributed by atoms with Crippen LogP contribution in [0.15, 0.2) is 29.4 Å². The van der Waals surface area contributed by atoms with Crippen molar-refractivity contribution in [2.75, 3.05) is 14.2 Å². The minimum atomic E-state index is -1.18. The summed E-state index contributed by atoms with van der Waals surface area (Å²) in [6.07, 6.45) is 3.63. The predicted molar refractivity (Wildman–Crippen MR) is 82.3 cm³/mol. The lowest BCUT2D eigenvalue weighted by Gasteiger charge is -2.12. The Morgan fingerprint density at radius 1 is 1.24 bits per heavy atom. The molecule has 5 nitrogen and oxygen atoms in total. The largest absolute Gasteiger partial charge is 0.493 e. The summed E-state index contributed by atoms with van der Waals surface area (Å²) in [5, 5.41) is 0. The monoisotopic (exact) mass is 308 g/mol. The Hall–Kier alpha value is -1.82. The third-order valence-corrected chi connectivity index (χ3v) is 4.78. The van der Waals surface area contributed by atoms with E-state index in [0.717, 1.165) is 22.8 Å². The van der Waals surface area contributed by atoms with Gasteiger partial charge >= 0.3 is 0 Å². The Balaban J connectivity index is 2.31. The van der Waals surface area contributed by atoms with Crippen molar-refractivity contribution in [3.05, 3.63) is 35.9 Å². The fourth-order valence-corrected chi connectivity index (χ4v) is 3.46. The molecule has 1 aromatic carbocycles. The normalized spacial score (nSPS) is 12.2. The summed E-state index contributed by atoms with van der Waals surface area (Å²) in [7, 11) is 1.99. The van der Waals surface area contributed by atoms with Gasteiger partial charge in [-0.05, 0) is 25.5 Å². The Labute approximate surface area is 127 Å². The van der Waals surface area contributed by atoms with Crippen molar-refractivity contribution in [2.24, 2.45) is 0 Å². The van der Waals surface area contributed by atoms with Crippen molar-refractivity contribution in [3.8, 4) is 11.5 Å². The molecule has 1 heterocycles. The first-order chi connectivity index (χ1) is 10.1. The van der Waals surface area contributed by atoms with E-state index in [2.05, 4.69) is 4.98 Å². The lowest BCUT2D eigenvalue weighted by atomic mass is 10.2. The van der Waals surface area contributed by atoms with E-state index >= 15 is 0 Å². The zero-order valence-corrected chi connectivity index (χ0v) is 13.6. The van der Waals surface area contributed by atoms with Gasteiger partial charge in [0, 0.05) is 29.9 Å². The number of benzene rings is 1. The van der Waals surface area contributed by atoms with Crippen LogP contribution in [-0.4, -0.2) is 28.0 Å². The fraction of sp³-hybridized carbons (Fsp3) is 0.400. The van der Waals surface area contributed by atoms with Crippen LogP contribution in [0.1, 0.15) is 18.3 Å². The summed E-state index contributed by atoms with van der Waals surface area (Å²) < 4.78 is 25.2. The number of methoxy groups -OCH3 is 2. The molecule has 0 fully saturated rings. The van der Waals surface area contributed by atoms with Crippen LogP contribution < -0.4 is 9.47 Å². The molecule has 0 radical (unpaired) electrons. The predicted octanol–water partition coefficient (Wildman–Crippen LogP) is 2.54. The van der Waals surface area contributed by atoms with Crippen LogP contribution in [0, 0.1) is 6.92 Å². The van der Waals surface area contributed by atoms with Crippen molar-refractivity contribution in [1.82, 2.24) is 9.55 Å². The molecule has 114 valence electrons. The summed E-state index contributed by atoms with van der Waals surface area (Å²) in [5.74, 6) is 2.44. The van der Waals surface area contributed by atoms with E-state index in [4.69, 9.17) is 9.47 Å². The number of nitrogens with zero attached hydrogens (tertiary/aromatic N) is 2. The highest BCUT2D eigenvalue weighted by Crippen LogP contribution is 2.32. The first-order valence-corrected chi connectivity index (χ1v) is 8.03. The van der Waals surface area contributed by atoms with Crippen molar-refractivity contribution >= 4 is 10.8 Å². The highest BCUT2D eigenvalue weighted by atomic mass is 32.2. The quantitative estimate of drug-likeness (QED) is 0.823. The average molecular weight is 308 g/mol. The average Bonchev–Trinajstić information content (AvgIpc) is 2.93. The number of rotatable bonds is 6. The third-order valence-electron chi connectivity index (χ3n) is 3.33. The maximum absolute atomic E-state index is 12.6. The van der Waals surface area contributed by atoms with Gasteiger partial charge in [-0.25, -0.2) is 4.98 Å². The molecule has 6 heteroatoms. The van der Waals surface area contributed by atoms with Crippen molar-refractivity contribution < 1.29 is 13.7 Å². The lowest BCUT2D eigenvalue weighted by molar-refractivity contribution is 0.353. The van der Waals surface area contributed by atoms with Gasteiger partial charge in [-0.3, -0.25) is 4.21 Å². The van der Waals surface area contributed by atoms with Crippen molar-refractivity contribution in [1.29, 1.82) is 0 Å². The maximum atomic E-state index is 12.6. The van der Waals surface area contributed by atoms with Crippen LogP contribution in [0.2, 0.25) is 0 Å². The molecule has 2 rings (SSSR count). The molecule has 1 atom stereocenters. The zero-order chi connectivity index (χ0) is 15.4. The SMILES string of the molecule is CCn1ccnc1CS(=O)c1cc(OC)c(OC)cc1C. The van der Waals surface area contributed by atoms with E-state index in [-0.39, 0.29) is 0 Å². The Bertz CT molecular complexity index is 652. The van der Waals surface area contributed by atoms with Gasteiger partial charge in [0.1, 0.15) is 5.82 Å². The van der Waals surface area contributed by atoms with Gasteiger partial charge in [-0.2, -0.15) is 0 Å². The number of imidazole rings is 1. The first kappa shape index (κ1) is 15.6. The number of hydrogen-bond donors (Lipinski definition) is 0. The van der Waals surface area contributed by atoms with Gasteiger partial charge in [0.25, 0.3) is 0 Å². The smallest absolute Gasteiger partial charge is 0.161 e. The van der Waals surface area contributed by atoms with Gasteiger partial charge in [-0.15, -0.1) is 0 Å². The molecule has 0 aliphatic heterocycles. The molecule has 21 heavy (non-hydrogen) atoms. The number of aryl methyl sites for hydroxylation is 2. The van der Waals surface area contributed by atoms with Gasteiger partial charge in [0.2, 0.25) is 0 Å². The second-order valence-corrected chi connectivity index (χ2v) is 6.01. The summed E-state index contributed by atoms with van der Waals surface area (Å²) >= 11 is 0. The maximum Gasteiger partial charge on any atom is 0.161 e. The van der Waals surface area contributed by atoms with Crippen LogP contribution in [0.3, 0.4) is 0 Å². The highest BCUT2D eigenvalue weighted by molar-refractivity contribution is 7.84. The van der Waals surface area contributed by atoms with E-state index in [9.17, 15) is 4.21 Å². The van der Waals surface area contributed by atoms with E-state index in [1.54, 1.807) is 26.5 Å². The summed E-state index contributed by atoms with van der Waals surface area (Å²) in [6.45, 7) is 4.77. The first-order valence-electron chi connectivity index (χ1n) is 6.71. The van der Waals surface area contributed by atoms with E-state index in [1.165, 1.54) is 0 Å². The topological polar surface area (TPSA) is 53.4 Å². The van der Waals surface area contributed by atoms with Crippen LogP contribution in [0.4, 0.5) is 0 Å². The van der Waals surface area contributed by atoms with Gasteiger partial charge in [0.15, 0.2) is 11.5 Å². The Kier molecular flexibility index (Phi) is 5.01. The molecule has 0 spiro atoms. The van der Waals surface area contributed by atoms with Crippen molar-refractivity contribution in [2.45, 2.75) is 31.0 Å². The molecule has 2 aromatic rings. The number of hydrogen-bond acceptors (Lipinski definition) is 4. The molecule has 0 aliphatic carbocycles.